The lowest BCUT2D eigenvalue weighted by molar-refractivity contribution is 0.414. The predicted molar refractivity (Wildman–Crippen MR) is 70.2 cm³/mol. The van der Waals surface area contributed by atoms with Crippen molar-refractivity contribution in [1.29, 1.82) is 0 Å². The van der Waals surface area contributed by atoms with Gasteiger partial charge in [-0.15, -0.1) is 0 Å². The molecule has 1 rings (SSSR count). The maximum absolute atomic E-state index is 5.08. The quantitative estimate of drug-likeness (QED) is 0.759. The highest BCUT2D eigenvalue weighted by atomic mass is 79.9. The lowest BCUT2D eigenvalue weighted by Crippen LogP contribution is -1.81. The molecule has 0 atom stereocenters. The Bertz CT molecular complexity index is 291. The van der Waals surface area contributed by atoms with E-state index >= 15 is 0 Å². The second-order valence-corrected chi connectivity index (χ2v) is 4.98. The minimum Gasteiger partial charge on any atom is -0.497 e. The normalized spacial score (nSPS) is 8.36. The number of ether oxygens (including phenoxy) is 1. The highest BCUT2D eigenvalue weighted by molar-refractivity contribution is 9.28. The molecule has 0 aliphatic rings. The fourth-order valence-corrected chi connectivity index (χ4v) is 1.39. The van der Waals surface area contributed by atoms with E-state index in [0.717, 1.165) is 14.7 Å². The summed E-state index contributed by atoms with van der Waals surface area (Å²) in [6, 6.07) is 7.83. The van der Waals surface area contributed by atoms with Gasteiger partial charge in [0, 0.05) is 0 Å². The Kier molecular flexibility index (Phi) is 7.90. The van der Waals surface area contributed by atoms with Crippen LogP contribution in [0.25, 0.3) is 6.08 Å². The second kappa shape index (κ2) is 8.06. The Morgan fingerprint density at radius 3 is 2.43 bits per heavy atom. The van der Waals surface area contributed by atoms with Crippen LogP contribution in [0.15, 0.2) is 27.7 Å². The van der Waals surface area contributed by atoms with Gasteiger partial charge < -0.3 is 4.74 Å². The van der Waals surface area contributed by atoms with Crippen molar-refractivity contribution in [2.45, 2.75) is 13.8 Å². The topological polar surface area (TPSA) is 9.23 Å². The van der Waals surface area contributed by atoms with Crippen molar-refractivity contribution in [2.24, 2.45) is 0 Å². The van der Waals surface area contributed by atoms with Crippen LogP contribution < -0.4 is 4.74 Å². The van der Waals surface area contributed by atoms with Crippen molar-refractivity contribution in [1.82, 2.24) is 0 Å². The van der Waals surface area contributed by atoms with Crippen LogP contribution in [0.5, 0.6) is 5.75 Å². The summed E-state index contributed by atoms with van der Waals surface area (Å²) in [6.45, 7) is 4.00. The average molecular weight is 322 g/mol. The van der Waals surface area contributed by atoms with E-state index in [4.69, 9.17) is 4.74 Å². The van der Waals surface area contributed by atoms with Crippen molar-refractivity contribution in [2.75, 3.05) is 7.11 Å². The summed E-state index contributed by atoms with van der Waals surface area (Å²) in [4.78, 5) is 0. The number of hydrogen-bond acceptors (Lipinski definition) is 1. The molecule has 1 nitrogen and oxygen atoms in total. The van der Waals surface area contributed by atoms with Crippen LogP contribution in [0.2, 0.25) is 0 Å². The molecule has 0 saturated heterocycles. The van der Waals surface area contributed by atoms with Gasteiger partial charge in [0.05, 0.1) is 10.5 Å². The number of hydrogen-bond donors (Lipinski definition) is 0. The van der Waals surface area contributed by atoms with Gasteiger partial charge in [-0.1, -0.05) is 26.0 Å². The number of halogens is 2. The maximum Gasteiger partial charge on any atom is 0.119 e. The van der Waals surface area contributed by atoms with Gasteiger partial charge in [-0.3, -0.25) is 0 Å². The van der Waals surface area contributed by atoms with E-state index in [1.807, 2.05) is 44.2 Å². The fraction of sp³-hybridized carbons (Fsp3) is 0.273. The third-order valence-electron chi connectivity index (χ3n) is 1.37. The van der Waals surface area contributed by atoms with E-state index in [-0.39, 0.29) is 0 Å². The molecule has 14 heavy (non-hydrogen) atoms. The molecular formula is C11H14Br2O. The zero-order valence-corrected chi connectivity index (χ0v) is 11.7. The van der Waals surface area contributed by atoms with Crippen molar-refractivity contribution < 1.29 is 4.74 Å². The molecule has 78 valence electrons. The van der Waals surface area contributed by atoms with Crippen LogP contribution in [0, 0.1) is 0 Å². The molecule has 0 aliphatic heterocycles. The van der Waals surface area contributed by atoms with Gasteiger partial charge in [-0.25, -0.2) is 0 Å². The van der Waals surface area contributed by atoms with E-state index in [2.05, 4.69) is 31.9 Å². The first kappa shape index (κ1) is 13.7. The first-order chi connectivity index (χ1) is 6.72. The summed E-state index contributed by atoms with van der Waals surface area (Å²) < 4.78 is 6.00. The Hall–Kier alpha value is -0.280. The Morgan fingerprint density at radius 2 is 1.93 bits per heavy atom. The summed E-state index contributed by atoms with van der Waals surface area (Å²) in [6.07, 6.45) is 1.96. The van der Waals surface area contributed by atoms with Crippen LogP contribution in [0.4, 0.5) is 0 Å². The van der Waals surface area contributed by atoms with E-state index in [9.17, 15) is 0 Å². The van der Waals surface area contributed by atoms with Crippen LogP contribution >= 0.6 is 31.9 Å². The van der Waals surface area contributed by atoms with Crippen molar-refractivity contribution in [3.05, 3.63) is 33.2 Å². The molecule has 0 unspecified atom stereocenters. The van der Waals surface area contributed by atoms with E-state index in [1.54, 1.807) is 7.11 Å². The fourth-order valence-electron chi connectivity index (χ4n) is 0.857. The highest BCUT2D eigenvalue weighted by Crippen LogP contribution is 2.20. The van der Waals surface area contributed by atoms with Gasteiger partial charge in [0.2, 0.25) is 0 Å². The molecule has 1 aromatic carbocycles. The standard InChI is InChI=1S/C9H8Br2O.C2H6/c1-12-8-4-2-3-7(5-8)6-9(10)11;1-2/h2-6H,1H3;1-2H3. The molecule has 0 heterocycles. The van der Waals surface area contributed by atoms with Crippen molar-refractivity contribution >= 4 is 37.9 Å². The summed E-state index contributed by atoms with van der Waals surface area (Å²) in [5.41, 5.74) is 1.10. The zero-order valence-electron chi connectivity index (χ0n) is 8.55. The molecular weight excluding hydrogens is 308 g/mol. The van der Waals surface area contributed by atoms with Crippen LogP contribution in [-0.2, 0) is 0 Å². The third-order valence-corrected chi connectivity index (χ3v) is 1.83. The molecule has 0 amide bonds. The number of benzene rings is 1. The summed E-state index contributed by atoms with van der Waals surface area (Å²) in [5, 5.41) is 0. The molecule has 1 aromatic rings. The minimum absolute atomic E-state index is 0.866. The molecule has 0 aliphatic carbocycles. The molecule has 0 bridgehead atoms. The predicted octanol–water partition coefficient (Wildman–Crippen LogP) is 4.81. The van der Waals surface area contributed by atoms with E-state index < -0.39 is 0 Å². The Morgan fingerprint density at radius 1 is 1.29 bits per heavy atom. The third kappa shape index (κ3) is 5.45. The van der Waals surface area contributed by atoms with Gasteiger partial charge in [0.15, 0.2) is 0 Å². The van der Waals surface area contributed by atoms with Crippen LogP contribution in [-0.4, -0.2) is 7.11 Å². The lowest BCUT2D eigenvalue weighted by atomic mass is 10.2. The maximum atomic E-state index is 5.08. The zero-order chi connectivity index (χ0) is 11.0. The molecule has 0 fully saturated rings. The Balaban J connectivity index is 0.000000791. The van der Waals surface area contributed by atoms with Gasteiger partial charge in [-0.2, -0.15) is 0 Å². The molecule has 0 aromatic heterocycles. The number of rotatable bonds is 2. The minimum atomic E-state index is 0.866. The largest absolute Gasteiger partial charge is 0.497 e. The van der Waals surface area contributed by atoms with E-state index in [0.29, 0.717) is 0 Å². The van der Waals surface area contributed by atoms with Gasteiger partial charge in [-0.05, 0) is 55.6 Å². The molecule has 0 radical (unpaired) electrons. The van der Waals surface area contributed by atoms with Gasteiger partial charge in [0.25, 0.3) is 0 Å². The van der Waals surface area contributed by atoms with Crippen LogP contribution in [0.3, 0.4) is 0 Å². The monoisotopic (exact) mass is 320 g/mol. The smallest absolute Gasteiger partial charge is 0.119 e. The summed E-state index contributed by atoms with van der Waals surface area (Å²) in [5.74, 6) is 0.866. The molecule has 3 heteroatoms. The molecule has 0 N–H and O–H groups in total. The SMILES string of the molecule is CC.COc1cccc(C=C(Br)Br)c1. The average Bonchev–Trinajstić information content (AvgIpc) is 2.20. The first-order valence-electron chi connectivity index (χ1n) is 4.39. The van der Waals surface area contributed by atoms with Gasteiger partial charge >= 0.3 is 0 Å². The number of methoxy groups -OCH3 is 1. The van der Waals surface area contributed by atoms with Crippen LogP contribution in [0.1, 0.15) is 19.4 Å². The van der Waals surface area contributed by atoms with E-state index in [1.165, 1.54) is 0 Å². The van der Waals surface area contributed by atoms with Crippen molar-refractivity contribution in [3.8, 4) is 5.75 Å². The summed E-state index contributed by atoms with van der Waals surface area (Å²) >= 11 is 6.59. The summed E-state index contributed by atoms with van der Waals surface area (Å²) in [7, 11) is 1.66. The second-order valence-electron chi connectivity index (χ2n) is 2.21. The van der Waals surface area contributed by atoms with Gasteiger partial charge in [0.1, 0.15) is 5.75 Å². The Labute approximate surface area is 102 Å². The molecule has 0 saturated carbocycles. The highest BCUT2D eigenvalue weighted by Gasteiger charge is 1.92. The molecule has 0 spiro atoms. The lowest BCUT2D eigenvalue weighted by Gasteiger charge is -1.99. The first-order valence-corrected chi connectivity index (χ1v) is 5.98. The van der Waals surface area contributed by atoms with Crippen molar-refractivity contribution in [3.63, 3.8) is 0 Å².